The van der Waals surface area contributed by atoms with Crippen LogP contribution in [0.4, 0.5) is 0 Å². The van der Waals surface area contributed by atoms with E-state index in [2.05, 4.69) is 0 Å². The molecule has 7 nitrogen and oxygen atoms in total. The molecule has 3 aromatic carbocycles. The Morgan fingerprint density at radius 3 is 2.22 bits per heavy atom. The number of rotatable bonds is 10. The second-order valence-corrected chi connectivity index (χ2v) is 7.02. The van der Waals surface area contributed by atoms with Crippen LogP contribution in [0.2, 0.25) is 0 Å². The van der Waals surface area contributed by atoms with Crippen LogP contribution >= 0.6 is 0 Å². The fourth-order valence-electron chi connectivity index (χ4n) is 3.25. The van der Waals surface area contributed by atoms with Gasteiger partial charge < -0.3 is 24.2 Å². The third kappa shape index (κ3) is 5.78. The third-order valence-corrected chi connectivity index (χ3v) is 4.85. The lowest BCUT2D eigenvalue weighted by Gasteiger charge is -2.24. The highest BCUT2D eigenvalue weighted by molar-refractivity contribution is 5.92. The maximum atomic E-state index is 13.1. The molecule has 7 heteroatoms. The van der Waals surface area contributed by atoms with Crippen LogP contribution in [0.3, 0.4) is 0 Å². The highest BCUT2D eigenvalue weighted by Crippen LogP contribution is 2.31. The Hall–Kier alpha value is -4.00. The van der Waals surface area contributed by atoms with E-state index < -0.39 is 5.97 Å². The predicted octanol–water partition coefficient (Wildman–Crippen LogP) is 4.01. The van der Waals surface area contributed by atoms with Crippen LogP contribution in [0.15, 0.2) is 72.8 Å². The number of aromatic carboxylic acids is 1. The number of carbonyl (C=O) groups is 2. The first kappa shape index (κ1) is 22.7. The second kappa shape index (κ2) is 10.9. The number of para-hydroxylation sites is 1. The largest absolute Gasteiger partial charge is 0.497 e. The normalized spacial score (nSPS) is 10.3. The molecule has 0 fully saturated rings. The molecule has 32 heavy (non-hydrogen) atoms. The summed E-state index contributed by atoms with van der Waals surface area (Å²) in [5.41, 5.74) is 1.80. The summed E-state index contributed by atoms with van der Waals surface area (Å²) in [7, 11) is 3.01. The van der Waals surface area contributed by atoms with Crippen molar-refractivity contribution in [3.63, 3.8) is 0 Å². The molecule has 3 rings (SSSR count). The van der Waals surface area contributed by atoms with Gasteiger partial charge in [0.1, 0.15) is 11.3 Å². The standard InChI is InChI=1S/C25H25NO6/c1-30-20-11-6-10-19(14-20)16-26(15-18-8-4-3-5-9-18)23(27)17-32-24-21(25(28)29)12-7-13-22(24)31-2/h3-14H,15-17H2,1-2H3,(H,28,29). The first-order chi connectivity index (χ1) is 15.5. The van der Waals surface area contributed by atoms with Crippen LogP contribution < -0.4 is 14.2 Å². The van der Waals surface area contributed by atoms with E-state index in [0.29, 0.717) is 18.8 Å². The summed E-state index contributed by atoms with van der Waals surface area (Å²) in [6.07, 6.45) is 0. The Labute approximate surface area is 186 Å². The van der Waals surface area contributed by atoms with Gasteiger partial charge in [0.05, 0.1) is 14.2 Å². The van der Waals surface area contributed by atoms with Crippen molar-refractivity contribution in [3.8, 4) is 17.2 Å². The Kier molecular flexibility index (Phi) is 7.70. The minimum absolute atomic E-state index is 0.0249. The van der Waals surface area contributed by atoms with E-state index in [1.165, 1.54) is 13.2 Å². The van der Waals surface area contributed by atoms with Gasteiger partial charge in [0.25, 0.3) is 5.91 Å². The number of carboxylic acids is 1. The van der Waals surface area contributed by atoms with Crippen LogP contribution in [0, 0.1) is 0 Å². The van der Waals surface area contributed by atoms with Crippen LogP contribution in [0.25, 0.3) is 0 Å². The maximum absolute atomic E-state index is 13.1. The molecule has 0 aromatic heterocycles. The lowest BCUT2D eigenvalue weighted by atomic mass is 10.1. The summed E-state index contributed by atoms with van der Waals surface area (Å²) in [6, 6.07) is 21.7. The molecule has 0 atom stereocenters. The molecule has 1 N–H and O–H groups in total. The van der Waals surface area contributed by atoms with Gasteiger partial charge in [0.2, 0.25) is 0 Å². The van der Waals surface area contributed by atoms with E-state index in [1.807, 2.05) is 54.6 Å². The van der Waals surface area contributed by atoms with Gasteiger partial charge in [-0.1, -0.05) is 48.5 Å². The number of carbonyl (C=O) groups excluding carboxylic acids is 1. The fourth-order valence-corrected chi connectivity index (χ4v) is 3.25. The predicted molar refractivity (Wildman–Crippen MR) is 119 cm³/mol. The van der Waals surface area contributed by atoms with Crippen LogP contribution in [0.1, 0.15) is 21.5 Å². The molecule has 0 bridgehead atoms. The molecular formula is C25H25NO6. The van der Waals surface area contributed by atoms with Crippen molar-refractivity contribution in [1.29, 1.82) is 0 Å². The zero-order valence-electron chi connectivity index (χ0n) is 18.0. The molecular weight excluding hydrogens is 410 g/mol. The molecule has 0 aliphatic heterocycles. The fraction of sp³-hybridized carbons (Fsp3) is 0.200. The zero-order valence-corrected chi connectivity index (χ0v) is 18.0. The molecule has 0 unspecified atom stereocenters. The topological polar surface area (TPSA) is 85.3 Å². The van der Waals surface area contributed by atoms with Crippen molar-refractivity contribution < 1.29 is 28.9 Å². The van der Waals surface area contributed by atoms with E-state index in [0.717, 1.165) is 11.1 Å². The second-order valence-electron chi connectivity index (χ2n) is 7.02. The minimum atomic E-state index is -1.16. The summed E-state index contributed by atoms with van der Waals surface area (Å²) in [6.45, 7) is 0.376. The van der Waals surface area contributed by atoms with E-state index in [1.54, 1.807) is 24.1 Å². The summed E-state index contributed by atoms with van der Waals surface area (Å²) >= 11 is 0. The lowest BCUT2D eigenvalue weighted by molar-refractivity contribution is -0.134. The first-order valence-electron chi connectivity index (χ1n) is 9.99. The lowest BCUT2D eigenvalue weighted by Crippen LogP contribution is -2.34. The van der Waals surface area contributed by atoms with Gasteiger partial charge in [-0.3, -0.25) is 4.79 Å². The van der Waals surface area contributed by atoms with Crippen LogP contribution in [-0.4, -0.2) is 42.7 Å². The van der Waals surface area contributed by atoms with Crippen LogP contribution in [0.5, 0.6) is 17.2 Å². The van der Waals surface area contributed by atoms with Gasteiger partial charge in [0, 0.05) is 13.1 Å². The van der Waals surface area contributed by atoms with Gasteiger partial charge in [-0.2, -0.15) is 0 Å². The summed E-state index contributed by atoms with van der Waals surface area (Å²) in [4.78, 5) is 26.4. The van der Waals surface area contributed by atoms with E-state index in [9.17, 15) is 14.7 Å². The van der Waals surface area contributed by atoms with Crippen LogP contribution in [-0.2, 0) is 17.9 Å². The number of hydrogen-bond acceptors (Lipinski definition) is 5. The van der Waals surface area contributed by atoms with Crippen molar-refractivity contribution in [1.82, 2.24) is 4.90 Å². The molecule has 0 aliphatic carbocycles. The van der Waals surface area contributed by atoms with Crippen molar-refractivity contribution in [2.75, 3.05) is 20.8 Å². The molecule has 0 saturated carbocycles. The number of hydrogen-bond donors (Lipinski definition) is 1. The highest BCUT2D eigenvalue weighted by atomic mass is 16.5. The zero-order chi connectivity index (χ0) is 22.9. The van der Waals surface area contributed by atoms with Gasteiger partial charge in [-0.15, -0.1) is 0 Å². The average molecular weight is 435 g/mol. The Morgan fingerprint density at radius 2 is 1.53 bits per heavy atom. The number of carboxylic acid groups (broad SMARTS) is 1. The van der Waals surface area contributed by atoms with Crippen molar-refractivity contribution in [3.05, 3.63) is 89.5 Å². The summed E-state index contributed by atoms with van der Waals surface area (Å²) in [5.74, 6) is -0.481. The Morgan fingerprint density at radius 1 is 0.844 bits per heavy atom. The number of nitrogens with zero attached hydrogens (tertiary/aromatic N) is 1. The maximum Gasteiger partial charge on any atom is 0.339 e. The van der Waals surface area contributed by atoms with Gasteiger partial charge >= 0.3 is 5.97 Å². The highest BCUT2D eigenvalue weighted by Gasteiger charge is 2.20. The van der Waals surface area contributed by atoms with E-state index in [-0.39, 0.29) is 29.6 Å². The van der Waals surface area contributed by atoms with Gasteiger partial charge in [0.15, 0.2) is 18.1 Å². The van der Waals surface area contributed by atoms with Crippen molar-refractivity contribution in [2.45, 2.75) is 13.1 Å². The van der Waals surface area contributed by atoms with E-state index >= 15 is 0 Å². The molecule has 166 valence electrons. The van der Waals surface area contributed by atoms with E-state index in [4.69, 9.17) is 14.2 Å². The monoisotopic (exact) mass is 435 g/mol. The molecule has 0 heterocycles. The molecule has 0 spiro atoms. The van der Waals surface area contributed by atoms with Gasteiger partial charge in [-0.05, 0) is 35.4 Å². The number of ether oxygens (including phenoxy) is 3. The quantitative estimate of drug-likeness (QED) is 0.518. The smallest absolute Gasteiger partial charge is 0.339 e. The third-order valence-electron chi connectivity index (χ3n) is 4.85. The number of amides is 1. The van der Waals surface area contributed by atoms with Gasteiger partial charge in [-0.25, -0.2) is 4.79 Å². The van der Waals surface area contributed by atoms with Crippen molar-refractivity contribution >= 4 is 11.9 Å². The molecule has 0 saturated heterocycles. The Bertz CT molecular complexity index is 1070. The first-order valence-corrected chi connectivity index (χ1v) is 9.99. The number of benzene rings is 3. The summed E-state index contributed by atoms with van der Waals surface area (Å²) in [5, 5.41) is 9.46. The summed E-state index contributed by atoms with van der Waals surface area (Å²) < 4.78 is 16.2. The minimum Gasteiger partial charge on any atom is -0.497 e. The molecule has 1 amide bonds. The number of methoxy groups -OCH3 is 2. The average Bonchev–Trinajstić information content (AvgIpc) is 2.82. The molecule has 0 aliphatic rings. The molecule has 3 aromatic rings. The molecule has 0 radical (unpaired) electrons. The SMILES string of the molecule is COc1cccc(CN(Cc2ccccc2)C(=O)COc2c(OC)cccc2C(=O)O)c1. The van der Waals surface area contributed by atoms with Crippen molar-refractivity contribution in [2.24, 2.45) is 0 Å². The Balaban J connectivity index is 1.81.